The van der Waals surface area contributed by atoms with Gasteiger partial charge in [-0.25, -0.2) is 4.98 Å². The minimum absolute atomic E-state index is 0.0350. The molecule has 0 spiro atoms. The first-order valence-electron chi connectivity index (χ1n) is 13.1. The minimum Gasteiger partial charge on any atom is -0.346 e. The quantitative estimate of drug-likeness (QED) is 0.305. The highest BCUT2D eigenvalue weighted by atomic mass is 16.1. The lowest BCUT2D eigenvalue weighted by molar-refractivity contribution is -0.121. The zero-order valence-electron chi connectivity index (χ0n) is 20.8. The highest BCUT2D eigenvalue weighted by Crippen LogP contribution is 2.26. The number of rotatable bonds is 12. The molecule has 0 bridgehead atoms. The smallest absolute Gasteiger partial charge is 0.225 e. The molecule has 0 unspecified atom stereocenters. The van der Waals surface area contributed by atoms with Crippen molar-refractivity contribution in [3.05, 3.63) is 77.2 Å². The number of nitrogens with one attached hydrogen (secondary N) is 2. The van der Waals surface area contributed by atoms with E-state index in [0.29, 0.717) is 25.0 Å². The predicted octanol–water partition coefficient (Wildman–Crippen LogP) is 6.29. The van der Waals surface area contributed by atoms with E-state index in [2.05, 4.69) is 33.5 Å². The second-order valence-electron chi connectivity index (χ2n) is 9.60. The van der Waals surface area contributed by atoms with E-state index in [4.69, 9.17) is 0 Å². The van der Waals surface area contributed by atoms with Crippen LogP contribution in [0.5, 0.6) is 0 Å². The van der Waals surface area contributed by atoms with Gasteiger partial charge in [0.1, 0.15) is 11.6 Å². The largest absolute Gasteiger partial charge is 0.346 e. The van der Waals surface area contributed by atoms with Crippen LogP contribution in [0.15, 0.2) is 54.7 Å². The standard InChI is InChI=1S/C30H37N3O2/c1-2-25(34)17-7-4-8-19-27(30-31-21-28(33-30)23-13-5-3-6-14-23)32-29(35)20-24-16-11-15-22-12-9-10-18-26(22)24/h3,5-6,11,13-16,21,27H,2,4,7-10,12,17-20H2,1H3,(H,31,33)(H,32,35)/t27-/m0/s1. The van der Waals surface area contributed by atoms with Gasteiger partial charge in [-0.15, -0.1) is 0 Å². The maximum Gasteiger partial charge on any atom is 0.225 e. The maximum atomic E-state index is 13.2. The molecule has 0 aliphatic heterocycles. The molecule has 0 fully saturated rings. The van der Waals surface area contributed by atoms with Crippen molar-refractivity contribution in [2.24, 2.45) is 0 Å². The zero-order chi connectivity index (χ0) is 24.5. The molecular weight excluding hydrogens is 434 g/mol. The van der Waals surface area contributed by atoms with Crippen LogP contribution in [0.1, 0.15) is 86.8 Å². The number of H-pyrrole nitrogens is 1. The fraction of sp³-hybridized carbons (Fsp3) is 0.433. The van der Waals surface area contributed by atoms with E-state index in [9.17, 15) is 9.59 Å². The van der Waals surface area contributed by atoms with Gasteiger partial charge in [-0.1, -0.05) is 68.3 Å². The number of unbranched alkanes of at least 4 members (excludes halogenated alkanes) is 2. The lowest BCUT2D eigenvalue weighted by Crippen LogP contribution is -2.31. The van der Waals surface area contributed by atoms with E-state index in [0.717, 1.165) is 61.2 Å². The van der Waals surface area contributed by atoms with Crippen molar-refractivity contribution >= 4 is 11.7 Å². The molecule has 5 nitrogen and oxygen atoms in total. The second kappa shape index (κ2) is 12.5. The Kier molecular flexibility index (Phi) is 8.88. The fourth-order valence-corrected chi connectivity index (χ4v) is 5.02. The molecule has 5 heteroatoms. The van der Waals surface area contributed by atoms with Gasteiger partial charge in [-0.3, -0.25) is 9.59 Å². The van der Waals surface area contributed by atoms with E-state index < -0.39 is 0 Å². The van der Waals surface area contributed by atoms with E-state index >= 15 is 0 Å². The maximum absolute atomic E-state index is 13.2. The van der Waals surface area contributed by atoms with Crippen molar-refractivity contribution in [1.29, 1.82) is 0 Å². The van der Waals surface area contributed by atoms with Gasteiger partial charge in [-0.05, 0) is 60.8 Å². The van der Waals surface area contributed by atoms with Crippen LogP contribution in [0.25, 0.3) is 11.3 Å². The van der Waals surface area contributed by atoms with E-state index in [1.54, 1.807) is 0 Å². The number of amides is 1. The number of hydrogen-bond donors (Lipinski definition) is 2. The number of ketones is 1. The van der Waals surface area contributed by atoms with E-state index in [-0.39, 0.29) is 11.9 Å². The number of aryl methyl sites for hydroxylation is 1. The second-order valence-corrected chi connectivity index (χ2v) is 9.60. The van der Waals surface area contributed by atoms with Crippen molar-refractivity contribution in [1.82, 2.24) is 15.3 Å². The Labute approximate surface area is 208 Å². The van der Waals surface area contributed by atoms with Gasteiger partial charge in [-0.2, -0.15) is 0 Å². The third-order valence-electron chi connectivity index (χ3n) is 7.03. The summed E-state index contributed by atoms with van der Waals surface area (Å²) in [5.41, 5.74) is 5.95. The van der Waals surface area contributed by atoms with Gasteiger partial charge in [0.05, 0.1) is 24.4 Å². The minimum atomic E-state index is -0.179. The third kappa shape index (κ3) is 6.91. The third-order valence-corrected chi connectivity index (χ3v) is 7.03. The number of carbonyl (C=O) groups is 2. The summed E-state index contributed by atoms with van der Waals surface area (Å²) in [6.45, 7) is 1.92. The summed E-state index contributed by atoms with van der Waals surface area (Å²) in [4.78, 5) is 32.9. The molecule has 0 saturated carbocycles. The molecular formula is C30H37N3O2. The summed E-state index contributed by atoms with van der Waals surface area (Å²) in [6.07, 6.45) is 11.7. The molecule has 1 heterocycles. The number of nitrogens with zero attached hydrogens (tertiary/aromatic N) is 1. The molecule has 35 heavy (non-hydrogen) atoms. The number of fused-ring (bicyclic) bond motifs is 1. The molecule has 184 valence electrons. The number of imidazole rings is 1. The van der Waals surface area contributed by atoms with Crippen LogP contribution in [0.2, 0.25) is 0 Å². The van der Waals surface area contributed by atoms with Crippen molar-refractivity contribution in [3.63, 3.8) is 0 Å². The molecule has 1 atom stereocenters. The van der Waals surface area contributed by atoms with Crippen LogP contribution in [-0.4, -0.2) is 21.7 Å². The van der Waals surface area contributed by atoms with Gasteiger partial charge in [0.15, 0.2) is 0 Å². The zero-order valence-corrected chi connectivity index (χ0v) is 20.8. The molecule has 0 saturated heterocycles. The Bertz CT molecular complexity index is 1120. The van der Waals surface area contributed by atoms with Crippen LogP contribution in [-0.2, 0) is 28.9 Å². The highest BCUT2D eigenvalue weighted by molar-refractivity contribution is 5.79. The van der Waals surface area contributed by atoms with Crippen molar-refractivity contribution in [2.75, 3.05) is 0 Å². The molecule has 3 aromatic rings. The van der Waals surface area contributed by atoms with Gasteiger partial charge < -0.3 is 10.3 Å². The Balaban J connectivity index is 1.43. The van der Waals surface area contributed by atoms with Crippen LogP contribution in [0.3, 0.4) is 0 Å². The molecule has 1 amide bonds. The van der Waals surface area contributed by atoms with Crippen LogP contribution in [0, 0.1) is 0 Å². The average Bonchev–Trinajstić information content (AvgIpc) is 3.39. The van der Waals surface area contributed by atoms with Crippen LogP contribution in [0.4, 0.5) is 0 Å². The first-order chi connectivity index (χ1) is 17.1. The Hall–Kier alpha value is -3.21. The van der Waals surface area contributed by atoms with Gasteiger partial charge in [0.2, 0.25) is 5.91 Å². The number of aromatic nitrogens is 2. The van der Waals surface area contributed by atoms with E-state index in [1.165, 1.54) is 24.0 Å². The lowest BCUT2D eigenvalue weighted by Gasteiger charge is -2.21. The lowest BCUT2D eigenvalue weighted by atomic mass is 9.87. The van der Waals surface area contributed by atoms with E-state index in [1.807, 2.05) is 43.5 Å². The summed E-state index contributed by atoms with van der Waals surface area (Å²) in [5.74, 6) is 1.14. The highest BCUT2D eigenvalue weighted by Gasteiger charge is 2.20. The number of Topliss-reactive ketones (excluding diaryl/α,β-unsaturated/α-hetero) is 1. The number of hydrogen-bond acceptors (Lipinski definition) is 3. The molecule has 4 rings (SSSR count). The first-order valence-corrected chi connectivity index (χ1v) is 13.1. The SMILES string of the molecule is CCC(=O)CCCCC[C@H](NC(=O)Cc1cccc2c1CCCC2)c1ncc(-c2ccccc2)[nH]1. The average molecular weight is 472 g/mol. The normalized spacial score (nSPS) is 13.7. The monoisotopic (exact) mass is 471 g/mol. The molecule has 1 aliphatic carbocycles. The number of benzene rings is 2. The van der Waals surface area contributed by atoms with Crippen molar-refractivity contribution < 1.29 is 9.59 Å². The van der Waals surface area contributed by atoms with Crippen molar-refractivity contribution in [2.45, 2.75) is 83.6 Å². The van der Waals surface area contributed by atoms with Gasteiger partial charge in [0, 0.05) is 12.8 Å². The van der Waals surface area contributed by atoms with Gasteiger partial charge in [0.25, 0.3) is 0 Å². The Morgan fingerprint density at radius 2 is 1.83 bits per heavy atom. The molecule has 1 aliphatic rings. The summed E-state index contributed by atoms with van der Waals surface area (Å²) in [6, 6.07) is 16.3. The Morgan fingerprint density at radius 3 is 2.66 bits per heavy atom. The molecule has 2 N–H and O–H groups in total. The summed E-state index contributed by atoms with van der Waals surface area (Å²) < 4.78 is 0. The summed E-state index contributed by atoms with van der Waals surface area (Å²) >= 11 is 0. The van der Waals surface area contributed by atoms with Gasteiger partial charge >= 0.3 is 0 Å². The van der Waals surface area contributed by atoms with Crippen LogP contribution >= 0.6 is 0 Å². The Morgan fingerprint density at radius 1 is 1.00 bits per heavy atom. The number of carbonyl (C=O) groups excluding carboxylic acids is 2. The number of aromatic amines is 1. The predicted molar refractivity (Wildman–Crippen MR) is 140 cm³/mol. The molecule has 2 aromatic carbocycles. The summed E-state index contributed by atoms with van der Waals surface area (Å²) in [7, 11) is 0. The molecule has 0 radical (unpaired) electrons. The topological polar surface area (TPSA) is 74.8 Å². The van der Waals surface area contributed by atoms with Crippen LogP contribution < -0.4 is 5.32 Å². The first kappa shape index (κ1) is 24.9. The fourth-order valence-electron chi connectivity index (χ4n) is 5.02. The molecule has 1 aromatic heterocycles. The summed E-state index contributed by atoms with van der Waals surface area (Å²) in [5, 5.41) is 3.26. The van der Waals surface area contributed by atoms with Crippen molar-refractivity contribution in [3.8, 4) is 11.3 Å².